The van der Waals surface area contributed by atoms with Crippen molar-refractivity contribution in [3.63, 3.8) is 0 Å². The summed E-state index contributed by atoms with van der Waals surface area (Å²) < 4.78 is 2.47. The Bertz CT molecular complexity index is 2880. The SMILES string of the molecule is Cc1ccccc1-c1c(-c2ccccc2)c2c(n1-c1ccccc1)C=CC(c1cc(N(C3=CC=CCC=C3)C3=CCC=CC=C3)cc(N(c3ccccc3)c3ccccc3)c1)C=C2. The molecule has 1 aromatic heterocycles. The first kappa shape index (κ1) is 39.3. The maximum atomic E-state index is 2.47. The number of para-hydroxylation sites is 3. The fourth-order valence-corrected chi connectivity index (χ4v) is 9.03. The van der Waals surface area contributed by atoms with E-state index in [0.717, 1.165) is 58.4 Å². The van der Waals surface area contributed by atoms with E-state index in [1.807, 2.05) is 0 Å². The normalized spacial score (nSPS) is 15.2. The maximum absolute atomic E-state index is 2.47. The predicted octanol–water partition coefficient (Wildman–Crippen LogP) is 16.0. The van der Waals surface area contributed by atoms with Crippen LogP contribution in [-0.2, 0) is 0 Å². The fourth-order valence-electron chi connectivity index (χ4n) is 9.03. The van der Waals surface area contributed by atoms with Crippen LogP contribution in [0, 0.1) is 6.92 Å². The van der Waals surface area contributed by atoms with E-state index in [4.69, 9.17) is 0 Å². The van der Waals surface area contributed by atoms with E-state index < -0.39 is 0 Å². The van der Waals surface area contributed by atoms with Gasteiger partial charge in [-0.1, -0.05) is 170 Å². The van der Waals surface area contributed by atoms with Crippen LogP contribution in [0.3, 0.4) is 0 Å². The molecule has 0 amide bonds. The highest BCUT2D eigenvalue weighted by atomic mass is 15.2. The standard InChI is InChI=1S/C60H49N3/c1-45-24-22-23-37-56(45)60-59(47-25-10-6-11-26-47)57-40-38-46(39-41-58(57)63(60)53-35-20-9-21-36-53)48-42-54(61(49-27-12-2-3-13-28-49)50-29-14-4-5-15-30-50)44-55(43-48)62(51-31-16-7-17-32-51)52-33-18-8-19-34-52/h2-4,6-12,14-44,46H,5,13H2,1H3. The van der Waals surface area contributed by atoms with Crippen molar-refractivity contribution < 1.29 is 0 Å². The molecule has 1 heterocycles. The Morgan fingerprint density at radius 2 is 1.14 bits per heavy atom. The lowest BCUT2D eigenvalue weighted by atomic mass is 9.93. The highest BCUT2D eigenvalue weighted by molar-refractivity contribution is 5.95. The molecule has 0 bridgehead atoms. The average Bonchev–Trinajstić information content (AvgIpc) is 3.70. The molecule has 304 valence electrons. The first-order valence-electron chi connectivity index (χ1n) is 22.0. The van der Waals surface area contributed by atoms with Gasteiger partial charge in [-0.25, -0.2) is 0 Å². The number of anilines is 4. The van der Waals surface area contributed by atoms with Gasteiger partial charge in [0.05, 0.1) is 11.4 Å². The van der Waals surface area contributed by atoms with Crippen molar-refractivity contribution in [2.24, 2.45) is 0 Å². The van der Waals surface area contributed by atoms with Gasteiger partial charge in [-0.15, -0.1) is 0 Å². The van der Waals surface area contributed by atoms with Crippen molar-refractivity contribution >= 4 is 34.9 Å². The van der Waals surface area contributed by atoms with Crippen LogP contribution in [-0.4, -0.2) is 4.57 Å². The number of fused-ring (bicyclic) bond motifs is 1. The topological polar surface area (TPSA) is 11.4 Å². The number of allylic oxidation sites excluding steroid dienone is 12. The van der Waals surface area contributed by atoms with Gasteiger partial charge in [0.2, 0.25) is 0 Å². The molecule has 10 rings (SSSR count). The van der Waals surface area contributed by atoms with Crippen molar-refractivity contribution in [2.75, 3.05) is 9.80 Å². The van der Waals surface area contributed by atoms with Gasteiger partial charge in [0.25, 0.3) is 0 Å². The summed E-state index contributed by atoms with van der Waals surface area (Å²) in [5.74, 6) is -0.0417. The van der Waals surface area contributed by atoms with Gasteiger partial charge in [-0.2, -0.15) is 0 Å². The summed E-state index contributed by atoms with van der Waals surface area (Å²) in [4.78, 5) is 4.80. The summed E-state index contributed by atoms with van der Waals surface area (Å²) in [5.41, 5.74) is 17.4. The lowest BCUT2D eigenvalue weighted by Gasteiger charge is -2.31. The quantitative estimate of drug-likeness (QED) is 0.136. The average molecular weight is 812 g/mol. The second-order valence-electron chi connectivity index (χ2n) is 16.1. The van der Waals surface area contributed by atoms with Crippen molar-refractivity contribution in [3.05, 3.63) is 270 Å². The highest BCUT2D eigenvalue weighted by Gasteiger charge is 2.27. The predicted molar refractivity (Wildman–Crippen MR) is 268 cm³/mol. The fraction of sp³-hybridized carbons (Fsp3) is 0.0667. The van der Waals surface area contributed by atoms with Crippen molar-refractivity contribution in [1.29, 1.82) is 0 Å². The minimum absolute atomic E-state index is 0.0417. The molecule has 6 aromatic carbocycles. The Labute approximate surface area is 371 Å². The third-order valence-corrected chi connectivity index (χ3v) is 12.0. The maximum Gasteiger partial charge on any atom is 0.0622 e. The Morgan fingerprint density at radius 3 is 1.87 bits per heavy atom. The molecule has 0 saturated heterocycles. The number of hydrogen-bond donors (Lipinski definition) is 0. The molecule has 63 heavy (non-hydrogen) atoms. The highest BCUT2D eigenvalue weighted by Crippen LogP contribution is 2.46. The number of rotatable bonds is 10. The van der Waals surface area contributed by atoms with Crippen LogP contribution in [0.5, 0.6) is 0 Å². The Kier molecular flexibility index (Phi) is 11.2. The van der Waals surface area contributed by atoms with Crippen LogP contribution in [0.15, 0.2) is 248 Å². The van der Waals surface area contributed by atoms with E-state index in [0.29, 0.717) is 0 Å². The molecule has 0 fully saturated rings. The van der Waals surface area contributed by atoms with E-state index in [1.54, 1.807) is 0 Å². The molecule has 0 N–H and O–H groups in total. The molecule has 0 saturated carbocycles. The molecule has 3 nitrogen and oxygen atoms in total. The van der Waals surface area contributed by atoms with Gasteiger partial charge < -0.3 is 14.4 Å². The first-order valence-corrected chi connectivity index (χ1v) is 22.0. The Morgan fingerprint density at radius 1 is 0.508 bits per heavy atom. The first-order chi connectivity index (χ1) is 31.2. The number of aromatic nitrogens is 1. The largest absolute Gasteiger partial charge is 0.311 e. The van der Waals surface area contributed by atoms with Crippen LogP contribution in [0.2, 0.25) is 0 Å². The van der Waals surface area contributed by atoms with Gasteiger partial charge in [0.1, 0.15) is 0 Å². The summed E-state index contributed by atoms with van der Waals surface area (Å²) >= 11 is 0. The molecular weight excluding hydrogens is 763 g/mol. The molecule has 3 aliphatic rings. The van der Waals surface area contributed by atoms with E-state index in [-0.39, 0.29) is 5.92 Å². The van der Waals surface area contributed by atoms with Crippen LogP contribution < -0.4 is 9.80 Å². The Hall–Kier alpha value is -7.88. The molecule has 7 aromatic rings. The van der Waals surface area contributed by atoms with Crippen LogP contribution in [0.25, 0.3) is 40.2 Å². The van der Waals surface area contributed by atoms with Gasteiger partial charge in [-0.3, -0.25) is 0 Å². The molecule has 1 atom stereocenters. The summed E-state index contributed by atoms with van der Waals surface area (Å²) in [6, 6.07) is 59.0. The minimum atomic E-state index is -0.0417. The molecule has 0 aliphatic heterocycles. The number of nitrogens with zero attached hydrogens (tertiary/aromatic N) is 3. The molecule has 0 spiro atoms. The van der Waals surface area contributed by atoms with Crippen LogP contribution >= 0.6 is 0 Å². The summed E-state index contributed by atoms with van der Waals surface area (Å²) in [6.07, 6.45) is 33.5. The monoisotopic (exact) mass is 811 g/mol. The van der Waals surface area contributed by atoms with Crippen molar-refractivity contribution in [2.45, 2.75) is 25.7 Å². The summed E-state index contributed by atoms with van der Waals surface area (Å²) in [7, 11) is 0. The second-order valence-corrected chi connectivity index (χ2v) is 16.1. The van der Waals surface area contributed by atoms with Crippen molar-refractivity contribution in [1.82, 2.24) is 4.57 Å². The molecule has 0 radical (unpaired) electrons. The Balaban J connectivity index is 1.21. The van der Waals surface area contributed by atoms with Crippen molar-refractivity contribution in [3.8, 4) is 28.1 Å². The van der Waals surface area contributed by atoms with Gasteiger partial charge in [0, 0.05) is 62.4 Å². The third-order valence-electron chi connectivity index (χ3n) is 12.0. The van der Waals surface area contributed by atoms with E-state index >= 15 is 0 Å². The van der Waals surface area contributed by atoms with Gasteiger partial charge in [-0.05, 0) is 115 Å². The molecule has 3 aliphatic carbocycles. The zero-order chi connectivity index (χ0) is 42.4. The van der Waals surface area contributed by atoms with Gasteiger partial charge >= 0.3 is 0 Å². The lowest BCUT2D eigenvalue weighted by Crippen LogP contribution is -2.21. The molecule has 1 unspecified atom stereocenters. The van der Waals surface area contributed by atoms with Crippen LogP contribution in [0.4, 0.5) is 22.7 Å². The number of hydrogen-bond acceptors (Lipinski definition) is 2. The van der Waals surface area contributed by atoms with Gasteiger partial charge in [0.15, 0.2) is 0 Å². The zero-order valence-electron chi connectivity index (χ0n) is 35.5. The van der Waals surface area contributed by atoms with Crippen LogP contribution in [0.1, 0.15) is 41.1 Å². The second kappa shape index (κ2) is 18.0. The molecule has 3 heteroatoms. The van der Waals surface area contributed by atoms with E-state index in [2.05, 4.69) is 270 Å². The smallest absolute Gasteiger partial charge is 0.0622 e. The third kappa shape index (κ3) is 8.05. The minimum Gasteiger partial charge on any atom is -0.311 e. The number of aryl methyl sites for hydroxylation is 1. The summed E-state index contributed by atoms with van der Waals surface area (Å²) in [6.45, 7) is 2.22. The van der Waals surface area contributed by atoms with E-state index in [9.17, 15) is 0 Å². The number of benzene rings is 6. The lowest BCUT2D eigenvalue weighted by molar-refractivity contribution is 1.06. The zero-order valence-corrected chi connectivity index (χ0v) is 35.5. The molecular formula is C60H49N3. The van der Waals surface area contributed by atoms with E-state index in [1.165, 1.54) is 39.1 Å². The summed E-state index contributed by atoms with van der Waals surface area (Å²) in [5, 5.41) is 0.